The summed E-state index contributed by atoms with van der Waals surface area (Å²) in [5.74, 6) is 0.419. The fraction of sp³-hybridized carbons (Fsp3) is 0.500. The highest BCUT2D eigenvalue weighted by atomic mass is 35.5. The molecule has 0 atom stereocenters. The highest BCUT2D eigenvalue weighted by Gasteiger charge is 2.19. The summed E-state index contributed by atoms with van der Waals surface area (Å²) in [7, 11) is 0. The van der Waals surface area contributed by atoms with E-state index in [-0.39, 0.29) is 11.2 Å². The molecule has 0 aliphatic heterocycles. The first-order chi connectivity index (χ1) is 7.06. The Morgan fingerprint density at radius 1 is 1.27 bits per heavy atom. The maximum absolute atomic E-state index is 12.7. The Morgan fingerprint density at radius 3 is 2.40 bits per heavy atom. The van der Waals surface area contributed by atoms with Crippen LogP contribution in [0.5, 0.6) is 0 Å². The SMILES string of the molecule is CC(C)(CNCCCl)c1ccc(F)cc1. The van der Waals surface area contributed by atoms with Gasteiger partial charge in [0.2, 0.25) is 0 Å². The van der Waals surface area contributed by atoms with E-state index in [0.29, 0.717) is 5.88 Å². The smallest absolute Gasteiger partial charge is 0.123 e. The lowest BCUT2D eigenvalue weighted by atomic mass is 9.84. The van der Waals surface area contributed by atoms with Crippen molar-refractivity contribution >= 4 is 11.6 Å². The highest BCUT2D eigenvalue weighted by molar-refractivity contribution is 6.18. The number of alkyl halides is 1. The van der Waals surface area contributed by atoms with Gasteiger partial charge in [-0.05, 0) is 17.7 Å². The molecule has 84 valence electrons. The monoisotopic (exact) mass is 229 g/mol. The Labute approximate surface area is 95.6 Å². The second-order valence-corrected chi connectivity index (χ2v) is 4.63. The fourth-order valence-corrected chi connectivity index (χ4v) is 1.60. The molecule has 0 radical (unpaired) electrons. The average molecular weight is 230 g/mol. The lowest BCUT2D eigenvalue weighted by molar-refractivity contribution is 0.477. The van der Waals surface area contributed by atoms with Crippen LogP contribution in [-0.2, 0) is 5.41 Å². The molecule has 0 unspecified atom stereocenters. The van der Waals surface area contributed by atoms with Gasteiger partial charge in [0.1, 0.15) is 5.82 Å². The predicted molar refractivity (Wildman–Crippen MR) is 63.0 cm³/mol. The van der Waals surface area contributed by atoms with Crippen LogP contribution >= 0.6 is 11.6 Å². The molecule has 0 aliphatic carbocycles. The molecule has 0 fully saturated rings. The third-order valence-corrected chi connectivity index (χ3v) is 2.65. The van der Waals surface area contributed by atoms with E-state index in [0.717, 1.165) is 18.7 Å². The zero-order valence-corrected chi connectivity index (χ0v) is 9.94. The molecule has 1 N–H and O–H groups in total. The van der Waals surface area contributed by atoms with Gasteiger partial charge >= 0.3 is 0 Å². The fourth-order valence-electron chi connectivity index (χ4n) is 1.47. The minimum atomic E-state index is -0.191. The van der Waals surface area contributed by atoms with Crippen molar-refractivity contribution in [3.05, 3.63) is 35.6 Å². The second kappa shape index (κ2) is 5.47. The van der Waals surface area contributed by atoms with Crippen LogP contribution in [0.2, 0.25) is 0 Å². The maximum Gasteiger partial charge on any atom is 0.123 e. The van der Waals surface area contributed by atoms with Crippen molar-refractivity contribution in [1.82, 2.24) is 5.32 Å². The Bertz CT molecular complexity index is 295. The normalized spacial score (nSPS) is 11.7. The van der Waals surface area contributed by atoms with Crippen molar-refractivity contribution < 1.29 is 4.39 Å². The van der Waals surface area contributed by atoms with Gasteiger partial charge in [0.15, 0.2) is 0 Å². The van der Waals surface area contributed by atoms with Gasteiger partial charge in [-0.15, -0.1) is 11.6 Å². The number of hydrogen-bond donors (Lipinski definition) is 1. The molecular formula is C12H17ClFN. The van der Waals surface area contributed by atoms with E-state index in [9.17, 15) is 4.39 Å². The number of benzene rings is 1. The topological polar surface area (TPSA) is 12.0 Å². The second-order valence-electron chi connectivity index (χ2n) is 4.26. The molecule has 0 bridgehead atoms. The lowest BCUT2D eigenvalue weighted by Gasteiger charge is -2.25. The van der Waals surface area contributed by atoms with Crippen molar-refractivity contribution in [3.8, 4) is 0 Å². The molecular weight excluding hydrogens is 213 g/mol. The van der Waals surface area contributed by atoms with Crippen LogP contribution in [0.4, 0.5) is 4.39 Å². The molecule has 1 nitrogen and oxygen atoms in total. The van der Waals surface area contributed by atoms with E-state index in [1.54, 1.807) is 0 Å². The third-order valence-electron chi connectivity index (χ3n) is 2.46. The van der Waals surface area contributed by atoms with E-state index in [2.05, 4.69) is 19.2 Å². The molecule has 1 aromatic rings. The largest absolute Gasteiger partial charge is 0.315 e. The highest BCUT2D eigenvalue weighted by Crippen LogP contribution is 2.22. The molecule has 0 aliphatic rings. The first kappa shape index (κ1) is 12.5. The Hall–Kier alpha value is -0.600. The number of rotatable bonds is 5. The first-order valence-electron chi connectivity index (χ1n) is 5.09. The van der Waals surface area contributed by atoms with Gasteiger partial charge in [-0.1, -0.05) is 26.0 Å². The van der Waals surface area contributed by atoms with Crippen LogP contribution in [0, 0.1) is 5.82 Å². The molecule has 0 saturated carbocycles. The molecule has 0 amide bonds. The third kappa shape index (κ3) is 3.80. The van der Waals surface area contributed by atoms with Gasteiger partial charge in [-0.2, -0.15) is 0 Å². The number of nitrogens with one attached hydrogen (secondary N) is 1. The Balaban J connectivity index is 2.63. The van der Waals surface area contributed by atoms with E-state index in [1.165, 1.54) is 12.1 Å². The summed E-state index contributed by atoms with van der Waals surface area (Å²) in [4.78, 5) is 0. The van der Waals surface area contributed by atoms with Gasteiger partial charge in [0.25, 0.3) is 0 Å². The van der Waals surface area contributed by atoms with Gasteiger partial charge in [-0.3, -0.25) is 0 Å². The number of hydrogen-bond acceptors (Lipinski definition) is 1. The maximum atomic E-state index is 12.7. The first-order valence-corrected chi connectivity index (χ1v) is 5.62. The summed E-state index contributed by atoms with van der Waals surface area (Å²) < 4.78 is 12.7. The van der Waals surface area contributed by atoms with Gasteiger partial charge in [0, 0.05) is 24.4 Å². The molecule has 1 aromatic carbocycles. The molecule has 3 heteroatoms. The summed E-state index contributed by atoms with van der Waals surface area (Å²) >= 11 is 5.59. The summed E-state index contributed by atoms with van der Waals surface area (Å²) in [6.07, 6.45) is 0. The van der Waals surface area contributed by atoms with Crippen LogP contribution < -0.4 is 5.32 Å². The standard InChI is InChI=1S/C12H17ClFN/c1-12(2,9-15-8-7-13)10-3-5-11(14)6-4-10/h3-6,15H,7-9H2,1-2H3. The van der Waals surface area contributed by atoms with Crippen molar-refractivity contribution in [1.29, 1.82) is 0 Å². The Kier molecular flexibility index (Phi) is 4.55. The van der Waals surface area contributed by atoms with Gasteiger partial charge in [0.05, 0.1) is 0 Å². The van der Waals surface area contributed by atoms with Crippen molar-refractivity contribution in [2.75, 3.05) is 19.0 Å². The van der Waals surface area contributed by atoms with Crippen LogP contribution in [0.1, 0.15) is 19.4 Å². The zero-order chi connectivity index (χ0) is 11.3. The minimum Gasteiger partial charge on any atom is -0.315 e. The van der Waals surface area contributed by atoms with Crippen LogP contribution in [0.3, 0.4) is 0 Å². The molecule has 0 heterocycles. The van der Waals surface area contributed by atoms with E-state index < -0.39 is 0 Å². The van der Waals surface area contributed by atoms with Gasteiger partial charge < -0.3 is 5.32 Å². The quantitative estimate of drug-likeness (QED) is 0.605. The van der Waals surface area contributed by atoms with Crippen LogP contribution in [0.15, 0.2) is 24.3 Å². The van der Waals surface area contributed by atoms with Crippen molar-refractivity contribution in [2.24, 2.45) is 0 Å². The van der Waals surface area contributed by atoms with Crippen molar-refractivity contribution in [2.45, 2.75) is 19.3 Å². The van der Waals surface area contributed by atoms with Crippen LogP contribution in [0.25, 0.3) is 0 Å². The predicted octanol–water partition coefficient (Wildman–Crippen LogP) is 2.93. The van der Waals surface area contributed by atoms with Gasteiger partial charge in [-0.25, -0.2) is 4.39 Å². The zero-order valence-electron chi connectivity index (χ0n) is 9.19. The van der Waals surface area contributed by atoms with E-state index in [1.807, 2.05) is 12.1 Å². The van der Waals surface area contributed by atoms with E-state index in [4.69, 9.17) is 11.6 Å². The minimum absolute atomic E-state index is 0.000239. The number of halogens is 2. The Morgan fingerprint density at radius 2 is 1.87 bits per heavy atom. The van der Waals surface area contributed by atoms with Crippen LogP contribution in [-0.4, -0.2) is 19.0 Å². The van der Waals surface area contributed by atoms with E-state index >= 15 is 0 Å². The van der Waals surface area contributed by atoms with Crippen molar-refractivity contribution in [3.63, 3.8) is 0 Å². The summed E-state index contributed by atoms with van der Waals surface area (Å²) in [6, 6.07) is 6.66. The average Bonchev–Trinajstić information content (AvgIpc) is 2.18. The molecule has 1 rings (SSSR count). The molecule has 0 aromatic heterocycles. The molecule has 15 heavy (non-hydrogen) atoms. The lowest BCUT2D eigenvalue weighted by Crippen LogP contribution is -2.33. The molecule has 0 spiro atoms. The summed E-state index contributed by atoms with van der Waals surface area (Å²) in [6.45, 7) is 5.89. The summed E-state index contributed by atoms with van der Waals surface area (Å²) in [5.41, 5.74) is 1.13. The molecule has 0 saturated heterocycles. The summed E-state index contributed by atoms with van der Waals surface area (Å²) in [5, 5.41) is 3.26.